The van der Waals surface area contributed by atoms with Gasteiger partial charge in [0.1, 0.15) is 18.6 Å². The molecule has 4 aromatic rings. The van der Waals surface area contributed by atoms with Gasteiger partial charge in [-0.2, -0.15) is 0 Å². The van der Waals surface area contributed by atoms with Crippen LogP contribution >= 0.6 is 0 Å². The zero-order chi connectivity index (χ0) is 43.8. The average Bonchev–Trinajstić information content (AvgIpc) is 3.84. The van der Waals surface area contributed by atoms with Gasteiger partial charge in [-0.05, 0) is 99.4 Å². The monoisotopic (exact) mass is 836 g/mol. The molecule has 12 nitrogen and oxygen atoms in total. The van der Waals surface area contributed by atoms with Crippen LogP contribution in [0.1, 0.15) is 91.6 Å². The second-order valence-electron chi connectivity index (χ2n) is 15.8. The molecular formula is C49H56O12. The maximum Gasteiger partial charge on any atom is 0.315 e. The maximum atomic E-state index is 12.5. The highest BCUT2D eigenvalue weighted by Gasteiger charge is 2.52. The number of fused-ring (bicyclic) bond motifs is 2. The Balaban J connectivity index is 0.000000204. The van der Waals surface area contributed by atoms with Crippen LogP contribution in [0.2, 0.25) is 0 Å². The molecule has 0 aliphatic heterocycles. The normalized spacial score (nSPS) is 14.8. The van der Waals surface area contributed by atoms with Gasteiger partial charge in [0.15, 0.2) is 34.6 Å². The molecule has 0 heterocycles. The highest BCUT2D eigenvalue weighted by atomic mass is 16.6. The van der Waals surface area contributed by atoms with Gasteiger partial charge >= 0.3 is 11.9 Å². The van der Waals surface area contributed by atoms with E-state index in [1.54, 1.807) is 35.4 Å². The fourth-order valence-electron chi connectivity index (χ4n) is 7.74. The molecule has 1 fully saturated rings. The van der Waals surface area contributed by atoms with Crippen LogP contribution in [-0.2, 0) is 31.9 Å². The van der Waals surface area contributed by atoms with Crippen LogP contribution in [0.5, 0.6) is 34.5 Å². The van der Waals surface area contributed by atoms with Crippen molar-refractivity contribution in [3.05, 3.63) is 82.9 Å². The number of hydrogen-bond acceptors (Lipinski definition) is 12. The number of carbonyl (C=O) groups is 4. The fourth-order valence-corrected chi connectivity index (χ4v) is 7.74. The molecule has 0 saturated heterocycles. The van der Waals surface area contributed by atoms with Gasteiger partial charge < -0.3 is 37.9 Å². The van der Waals surface area contributed by atoms with Gasteiger partial charge in [0, 0.05) is 35.1 Å². The summed E-state index contributed by atoms with van der Waals surface area (Å²) in [7, 11) is 6.24. The molecule has 7 rings (SSSR count). The fraction of sp³-hybridized carbons (Fsp3) is 0.429. The van der Waals surface area contributed by atoms with E-state index in [1.807, 2.05) is 81.4 Å². The minimum Gasteiger partial charge on any atom is -0.493 e. The standard InChI is InChI=1S/C25H28O6.C24H28O6/c1-4-14-30-24(27)25(12-13-25)15-31-22-19(9-11-21(28-2)23(22)29-3)16-6-5-7-18-17(16)8-10-20(18)26;1-14(2)30-24(26)15(3)13-29-22-19(10-12-21(27-4)23(22)28-5)16-7-6-8-18-17(16)9-11-20(18)25/h5-7,9,11H,4,8,10,12-15H2,1-3H3;6-8,10,12,14-15H,9,11,13H2,1-5H3/t;15-/m.1/s1. The summed E-state index contributed by atoms with van der Waals surface area (Å²) in [6.07, 6.45) is 4.50. The van der Waals surface area contributed by atoms with Gasteiger partial charge in [-0.15, -0.1) is 0 Å². The first kappa shape index (κ1) is 44.5. The molecule has 4 aromatic carbocycles. The molecule has 12 heteroatoms. The third-order valence-electron chi connectivity index (χ3n) is 11.2. The number of esters is 2. The van der Waals surface area contributed by atoms with Crippen LogP contribution in [0.3, 0.4) is 0 Å². The number of Topliss-reactive ketones (excluding diaryl/α,β-unsaturated/α-hetero) is 2. The average molecular weight is 837 g/mol. The summed E-state index contributed by atoms with van der Waals surface area (Å²) in [6.45, 7) is 8.10. The molecule has 1 saturated carbocycles. The number of carbonyl (C=O) groups excluding carboxylic acids is 4. The Labute approximate surface area is 357 Å². The molecule has 61 heavy (non-hydrogen) atoms. The van der Waals surface area contributed by atoms with Crippen LogP contribution in [0, 0.1) is 11.3 Å². The van der Waals surface area contributed by atoms with Crippen molar-refractivity contribution in [1.29, 1.82) is 0 Å². The van der Waals surface area contributed by atoms with Crippen molar-refractivity contribution in [2.45, 2.75) is 78.7 Å². The third kappa shape index (κ3) is 9.48. The van der Waals surface area contributed by atoms with E-state index in [0.717, 1.165) is 63.8 Å². The first-order chi connectivity index (χ1) is 29.4. The lowest BCUT2D eigenvalue weighted by Gasteiger charge is -2.21. The van der Waals surface area contributed by atoms with E-state index >= 15 is 0 Å². The van der Waals surface area contributed by atoms with Crippen molar-refractivity contribution in [3.8, 4) is 56.8 Å². The molecule has 0 bridgehead atoms. The lowest BCUT2D eigenvalue weighted by molar-refractivity contribution is -0.153. The number of rotatable bonds is 17. The Hall–Kier alpha value is -6.04. The van der Waals surface area contributed by atoms with E-state index < -0.39 is 11.3 Å². The molecule has 0 spiro atoms. The molecule has 0 unspecified atom stereocenters. The van der Waals surface area contributed by atoms with Crippen LogP contribution in [0.15, 0.2) is 60.7 Å². The topological polar surface area (TPSA) is 142 Å². The van der Waals surface area contributed by atoms with E-state index in [-0.39, 0.29) is 42.8 Å². The first-order valence-corrected chi connectivity index (χ1v) is 20.9. The highest BCUT2D eigenvalue weighted by molar-refractivity contribution is 6.03. The van der Waals surface area contributed by atoms with Gasteiger partial charge in [0.05, 0.1) is 47.1 Å². The highest BCUT2D eigenvalue weighted by Crippen LogP contribution is 2.51. The summed E-state index contributed by atoms with van der Waals surface area (Å²) < 4.78 is 45.2. The van der Waals surface area contributed by atoms with Gasteiger partial charge in [0.2, 0.25) is 11.5 Å². The number of ketones is 2. The summed E-state index contributed by atoms with van der Waals surface area (Å²) >= 11 is 0. The molecule has 324 valence electrons. The van der Waals surface area contributed by atoms with Crippen molar-refractivity contribution in [1.82, 2.24) is 0 Å². The predicted octanol–water partition coefficient (Wildman–Crippen LogP) is 9.08. The SMILES string of the molecule is CCCOC(=O)C1(COc2c(-c3cccc4c3CCC4=O)ccc(OC)c2OC)CC1.COc1ccc(-c2cccc3c2CCC3=O)c(OC[C@@H](C)C(=O)OC(C)C)c1OC. The Morgan fingerprint density at radius 1 is 0.607 bits per heavy atom. The molecule has 0 N–H and O–H groups in total. The number of hydrogen-bond donors (Lipinski definition) is 0. The lowest BCUT2D eigenvalue weighted by atomic mass is 9.95. The number of methoxy groups -OCH3 is 4. The van der Waals surface area contributed by atoms with E-state index in [4.69, 9.17) is 37.9 Å². The van der Waals surface area contributed by atoms with Crippen LogP contribution < -0.4 is 28.4 Å². The first-order valence-electron chi connectivity index (χ1n) is 20.9. The van der Waals surface area contributed by atoms with Crippen LogP contribution in [-0.4, -0.2) is 77.9 Å². The van der Waals surface area contributed by atoms with E-state index in [1.165, 1.54) is 0 Å². The van der Waals surface area contributed by atoms with Crippen molar-refractivity contribution >= 4 is 23.5 Å². The molecule has 0 aromatic heterocycles. The van der Waals surface area contributed by atoms with Crippen molar-refractivity contribution in [2.75, 3.05) is 48.3 Å². The van der Waals surface area contributed by atoms with Crippen LogP contribution in [0.4, 0.5) is 0 Å². The summed E-state index contributed by atoms with van der Waals surface area (Å²) in [4.78, 5) is 49.2. The molecule has 3 aliphatic rings. The van der Waals surface area contributed by atoms with Gasteiger partial charge in [-0.3, -0.25) is 19.2 Å². The van der Waals surface area contributed by atoms with Crippen molar-refractivity contribution < 1.29 is 57.1 Å². The minimum absolute atomic E-state index is 0.121. The smallest absolute Gasteiger partial charge is 0.315 e. The zero-order valence-electron chi connectivity index (χ0n) is 36.4. The summed E-state index contributed by atoms with van der Waals surface area (Å²) in [6, 6.07) is 18.9. The largest absolute Gasteiger partial charge is 0.493 e. The minimum atomic E-state index is -0.602. The van der Waals surface area contributed by atoms with E-state index in [9.17, 15) is 19.2 Å². The van der Waals surface area contributed by atoms with Crippen molar-refractivity contribution in [2.24, 2.45) is 11.3 Å². The lowest BCUT2D eigenvalue weighted by Crippen LogP contribution is -2.26. The molecule has 1 atom stereocenters. The Bertz CT molecular complexity index is 2270. The second kappa shape index (κ2) is 19.6. The van der Waals surface area contributed by atoms with Gasteiger partial charge in [-0.25, -0.2) is 0 Å². The van der Waals surface area contributed by atoms with Crippen LogP contribution in [0.25, 0.3) is 22.3 Å². The van der Waals surface area contributed by atoms with Gasteiger partial charge in [0.25, 0.3) is 0 Å². The molecular weight excluding hydrogens is 781 g/mol. The Kier molecular flexibility index (Phi) is 14.3. The molecule has 0 amide bonds. The number of benzene rings is 4. The third-order valence-corrected chi connectivity index (χ3v) is 11.2. The van der Waals surface area contributed by atoms with E-state index in [2.05, 4.69) is 0 Å². The molecule has 3 aliphatic carbocycles. The number of ether oxygens (including phenoxy) is 8. The zero-order valence-corrected chi connectivity index (χ0v) is 36.4. The van der Waals surface area contributed by atoms with Gasteiger partial charge in [-0.1, -0.05) is 43.3 Å². The Morgan fingerprint density at radius 3 is 1.54 bits per heavy atom. The van der Waals surface area contributed by atoms with E-state index in [0.29, 0.717) is 66.8 Å². The summed E-state index contributed by atoms with van der Waals surface area (Å²) in [5.41, 5.74) is 6.42. The quantitative estimate of drug-likeness (QED) is 0.0937. The Morgan fingerprint density at radius 2 is 1.10 bits per heavy atom. The van der Waals surface area contributed by atoms with Crippen molar-refractivity contribution in [3.63, 3.8) is 0 Å². The second-order valence-corrected chi connectivity index (χ2v) is 15.8. The molecule has 0 radical (unpaired) electrons. The summed E-state index contributed by atoms with van der Waals surface area (Å²) in [5, 5.41) is 0. The summed E-state index contributed by atoms with van der Waals surface area (Å²) in [5.74, 6) is 2.32. The maximum absolute atomic E-state index is 12.5. The predicted molar refractivity (Wildman–Crippen MR) is 230 cm³/mol.